The average molecular weight is 336 g/mol. The Morgan fingerprint density at radius 1 is 1.00 bits per heavy atom. The zero-order valence-corrected chi connectivity index (χ0v) is 14.2. The summed E-state index contributed by atoms with van der Waals surface area (Å²) >= 11 is 1.50. The lowest BCUT2D eigenvalue weighted by Gasteiger charge is -2.11. The van der Waals surface area contributed by atoms with Crippen LogP contribution in [0, 0.1) is 6.92 Å². The van der Waals surface area contributed by atoms with E-state index in [2.05, 4.69) is 28.3 Å². The Hall–Kier alpha value is -2.73. The van der Waals surface area contributed by atoms with Gasteiger partial charge in [0.05, 0.1) is 0 Å². The number of rotatable bonds is 4. The summed E-state index contributed by atoms with van der Waals surface area (Å²) in [5.74, 6) is 1.59. The molecule has 0 spiro atoms. The molecule has 1 atom stereocenters. The van der Waals surface area contributed by atoms with E-state index in [-0.39, 0.29) is 6.10 Å². The number of benzene rings is 2. The minimum absolute atomic E-state index is 0.149. The van der Waals surface area contributed by atoms with Gasteiger partial charge in [-0.25, -0.2) is 0 Å². The SMILES string of the molecule is Cc1ccccc1-c1nnc2sc([C@@H](C)Oc3ccccc3)nn12. The Morgan fingerprint density at radius 2 is 1.75 bits per heavy atom. The van der Waals surface area contributed by atoms with Crippen LogP contribution in [0.1, 0.15) is 23.6 Å². The Morgan fingerprint density at radius 3 is 2.54 bits per heavy atom. The van der Waals surface area contributed by atoms with E-state index >= 15 is 0 Å². The van der Waals surface area contributed by atoms with Gasteiger partial charge in [-0.2, -0.15) is 9.61 Å². The van der Waals surface area contributed by atoms with E-state index in [1.165, 1.54) is 11.3 Å². The van der Waals surface area contributed by atoms with Gasteiger partial charge in [0.15, 0.2) is 10.8 Å². The van der Waals surface area contributed by atoms with Gasteiger partial charge in [0.25, 0.3) is 0 Å². The van der Waals surface area contributed by atoms with Crippen LogP contribution in [0.15, 0.2) is 54.6 Å². The number of aromatic nitrogens is 4. The fourth-order valence-corrected chi connectivity index (χ4v) is 3.36. The number of fused-ring (bicyclic) bond motifs is 1. The third-order valence-electron chi connectivity index (χ3n) is 3.80. The molecule has 4 rings (SSSR count). The zero-order valence-electron chi connectivity index (χ0n) is 13.4. The van der Waals surface area contributed by atoms with Crippen LogP contribution >= 0.6 is 11.3 Å². The predicted molar refractivity (Wildman–Crippen MR) is 94.3 cm³/mol. The van der Waals surface area contributed by atoms with Gasteiger partial charge in [-0.05, 0) is 31.5 Å². The molecule has 0 saturated carbocycles. The molecular formula is C18H16N4OS. The first-order valence-corrected chi connectivity index (χ1v) is 8.54. The van der Waals surface area contributed by atoms with Crippen LogP contribution < -0.4 is 4.74 Å². The maximum absolute atomic E-state index is 5.96. The van der Waals surface area contributed by atoms with Crippen molar-refractivity contribution in [2.24, 2.45) is 0 Å². The molecule has 24 heavy (non-hydrogen) atoms. The van der Waals surface area contributed by atoms with E-state index in [1.54, 1.807) is 4.52 Å². The molecule has 0 aliphatic rings. The van der Waals surface area contributed by atoms with Crippen LogP contribution in [-0.2, 0) is 0 Å². The molecule has 0 aliphatic heterocycles. The molecular weight excluding hydrogens is 320 g/mol. The molecule has 0 bridgehead atoms. The van der Waals surface area contributed by atoms with E-state index in [0.717, 1.165) is 32.7 Å². The molecule has 2 aromatic heterocycles. The van der Waals surface area contributed by atoms with Crippen molar-refractivity contribution in [1.82, 2.24) is 19.8 Å². The van der Waals surface area contributed by atoms with Crippen molar-refractivity contribution >= 4 is 16.3 Å². The Kier molecular flexibility index (Phi) is 3.74. The van der Waals surface area contributed by atoms with Crippen molar-refractivity contribution in [3.63, 3.8) is 0 Å². The fraction of sp³-hybridized carbons (Fsp3) is 0.167. The number of hydrogen-bond acceptors (Lipinski definition) is 5. The van der Waals surface area contributed by atoms with Crippen LogP contribution in [-0.4, -0.2) is 19.8 Å². The quantitative estimate of drug-likeness (QED) is 0.557. The second-order valence-electron chi connectivity index (χ2n) is 5.55. The first-order valence-electron chi connectivity index (χ1n) is 7.72. The van der Waals surface area contributed by atoms with Gasteiger partial charge in [-0.1, -0.05) is 53.8 Å². The summed E-state index contributed by atoms with van der Waals surface area (Å²) in [6, 6.07) is 17.9. The molecule has 2 aromatic carbocycles. The first kappa shape index (κ1) is 14.8. The average Bonchev–Trinajstić information content (AvgIpc) is 3.17. The highest BCUT2D eigenvalue weighted by Crippen LogP contribution is 2.28. The Balaban J connectivity index is 1.68. The van der Waals surface area contributed by atoms with Gasteiger partial charge in [0, 0.05) is 5.56 Å². The molecule has 5 nitrogen and oxygen atoms in total. The summed E-state index contributed by atoms with van der Waals surface area (Å²) in [6.45, 7) is 4.05. The van der Waals surface area contributed by atoms with Crippen molar-refractivity contribution in [3.8, 4) is 17.1 Å². The van der Waals surface area contributed by atoms with Gasteiger partial charge in [0.2, 0.25) is 4.96 Å². The maximum atomic E-state index is 5.96. The Bertz CT molecular complexity index is 977. The molecule has 0 saturated heterocycles. The van der Waals surface area contributed by atoms with Gasteiger partial charge in [-0.3, -0.25) is 0 Å². The highest BCUT2D eigenvalue weighted by Gasteiger charge is 2.18. The highest BCUT2D eigenvalue weighted by atomic mass is 32.1. The van der Waals surface area contributed by atoms with E-state index in [0.29, 0.717) is 0 Å². The van der Waals surface area contributed by atoms with Gasteiger partial charge >= 0.3 is 0 Å². The normalized spacial score (nSPS) is 12.4. The second kappa shape index (κ2) is 6.05. The number of aryl methyl sites for hydroxylation is 1. The number of ether oxygens (including phenoxy) is 1. The monoisotopic (exact) mass is 336 g/mol. The third-order valence-corrected chi connectivity index (χ3v) is 4.86. The summed E-state index contributed by atoms with van der Waals surface area (Å²) in [6.07, 6.45) is -0.149. The molecule has 120 valence electrons. The summed E-state index contributed by atoms with van der Waals surface area (Å²) in [5.41, 5.74) is 2.19. The lowest BCUT2D eigenvalue weighted by Crippen LogP contribution is -2.04. The summed E-state index contributed by atoms with van der Waals surface area (Å²) in [5, 5.41) is 14.1. The molecule has 6 heteroatoms. The molecule has 0 N–H and O–H groups in total. The molecule has 0 aliphatic carbocycles. The third kappa shape index (κ3) is 2.65. The molecule has 0 amide bonds. The van der Waals surface area contributed by atoms with Crippen molar-refractivity contribution in [3.05, 3.63) is 65.2 Å². The smallest absolute Gasteiger partial charge is 0.235 e. The summed E-state index contributed by atoms with van der Waals surface area (Å²) in [7, 11) is 0. The summed E-state index contributed by atoms with van der Waals surface area (Å²) in [4.78, 5) is 0.770. The lowest BCUT2D eigenvalue weighted by molar-refractivity contribution is 0.225. The zero-order chi connectivity index (χ0) is 16.5. The van der Waals surface area contributed by atoms with Gasteiger partial charge in [0.1, 0.15) is 11.9 Å². The Labute approximate surface area is 143 Å². The molecule has 0 radical (unpaired) electrons. The van der Waals surface area contributed by atoms with Crippen LogP contribution in [0.2, 0.25) is 0 Å². The van der Waals surface area contributed by atoms with Gasteiger partial charge in [-0.15, -0.1) is 10.2 Å². The maximum Gasteiger partial charge on any atom is 0.235 e. The molecule has 4 aromatic rings. The first-order chi connectivity index (χ1) is 11.7. The van der Waals surface area contributed by atoms with Crippen molar-refractivity contribution in [2.75, 3.05) is 0 Å². The van der Waals surface area contributed by atoms with Crippen molar-refractivity contribution in [2.45, 2.75) is 20.0 Å². The van der Waals surface area contributed by atoms with Crippen molar-refractivity contribution < 1.29 is 4.74 Å². The number of para-hydroxylation sites is 1. The van der Waals surface area contributed by atoms with Crippen LogP contribution in [0.3, 0.4) is 0 Å². The molecule has 0 unspecified atom stereocenters. The largest absolute Gasteiger partial charge is 0.483 e. The molecule has 0 fully saturated rings. The fourth-order valence-electron chi connectivity index (χ4n) is 2.54. The topological polar surface area (TPSA) is 52.3 Å². The standard InChI is InChI=1S/C18H16N4OS/c1-12-8-6-7-11-15(12)16-19-20-18-22(16)21-17(24-18)13(2)23-14-9-4-3-5-10-14/h3-11,13H,1-2H3/t13-/m1/s1. The predicted octanol–water partition coefficient (Wildman–Crippen LogP) is 4.30. The number of nitrogens with zero attached hydrogens (tertiary/aromatic N) is 4. The second-order valence-corrected chi connectivity index (χ2v) is 6.53. The van der Waals surface area contributed by atoms with Crippen molar-refractivity contribution in [1.29, 1.82) is 0 Å². The minimum atomic E-state index is -0.149. The molecule has 2 heterocycles. The minimum Gasteiger partial charge on any atom is -0.483 e. The van der Waals surface area contributed by atoms with E-state index in [1.807, 2.05) is 55.5 Å². The van der Waals surface area contributed by atoms with Crippen LogP contribution in [0.25, 0.3) is 16.3 Å². The van der Waals surface area contributed by atoms with Crippen LogP contribution in [0.4, 0.5) is 0 Å². The lowest BCUT2D eigenvalue weighted by atomic mass is 10.1. The van der Waals surface area contributed by atoms with E-state index in [9.17, 15) is 0 Å². The van der Waals surface area contributed by atoms with Gasteiger partial charge < -0.3 is 4.74 Å². The highest BCUT2D eigenvalue weighted by molar-refractivity contribution is 7.16. The van der Waals surface area contributed by atoms with Crippen LogP contribution in [0.5, 0.6) is 5.75 Å². The van der Waals surface area contributed by atoms with E-state index in [4.69, 9.17) is 4.74 Å². The summed E-state index contributed by atoms with van der Waals surface area (Å²) < 4.78 is 7.75. The number of hydrogen-bond donors (Lipinski definition) is 0. The van der Waals surface area contributed by atoms with E-state index < -0.39 is 0 Å².